The van der Waals surface area contributed by atoms with E-state index in [4.69, 9.17) is 4.74 Å². The number of nitrogens with zero attached hydrogens (tertiary/aromatic N) is 3. The number of carbonyl (C=O) groups is 2. The zero-order valence-electron chi connectivity index (χ0n) is 16.2. The zero-order chi connectivity index (χ0) is 18.4. The molecule has 0 aliphatic carbocycles. The van der Waals surface area contributed by atoms with E-state index in [0.29, 0.717) is 26.2 Å². The van der Waals surface area contributed by atoms with Gasteiger partial charge < -0.3 is 15.0 Å². The maximum absolute atomic E-state index is 12.4. The predicted molar refractivity (Wildman–Crippen MR) is 97.4 cm³/mol. The second-order valence-corrected chi connectivity index (χ2v) is 8.29. The Balaban J connectivity index is 1.66. The number of hydrogen-bond donors (Lipinski definition) is 1. The highest BCUT2D eigenvalue weighted by Gasteiger charge is 2.25. The molecule has 7 heteroatoms. The highest BCUT2D eigenvalue weighted by Crippen LogP contribution is 2.13. The van der Waals surface area contributed by atoms with Gasteiger partial charge in [-0.15, -0.1) is 0 Å². The normalized spacial score (nSPS) is 22.4. The third-order valence-electron chi connectivity index (χ3n) is 4.55. The highest BCUT2D eigenvalue weighted by atomic mass is 16.5. The van der Waals surface area contributed by atoms with Crippen molar-refractivity contribution in [2.24, 2.45) is 0 Å². The van der Waals surface area contributed by atoms with E-state index in [2.05, 4.69) is 15.1 Å². The van der Waals surface area contributed by atoms with Crippen LogP contribution in [0.1, 0.15) is 33.6 Å². The number of piperazine rings is 1. The van der Waals surface area contributed by atoms with Crippen LogP contribution in [-0.4, -0.2) is 97.6 Å². The number of amides is 2. The maximum Gasteiger partial charge on any atom is 0.236 e. The molecule has 2 heterocycles. The minimum absolute atomic E-state index is 0.0450. The first-order chi connectivity index (χ1) is 11.7. The molecule has 0 spiro atoms. The predicted octanol–water partition coefficient (Wildman–Crippen LogP) is 0.156. The first kappa shape index (κ1) is 20.1. The number of hydrogen-bond acceptors (Lipinski definition) is 5. The fourth-order valence-corrected chi connectivity index (χ4v) is 3.35. The second kappa shape index (κ2) is 8.96. The van der Waals surface area contributed by atoms with Crippen LogP contribution < -0.4 is 5.32 Å². The second-order valence-electron chi connectivity index (χ2n) is 8.29. The van der Waals surface area contributed by atoms with Crippen LogP contribution in [-0.2, 0) is 14.3 Å². The van der Waals surface area contributed by atoms with E-state index in [1.54, 1.807) is 0 Å². The van der Waals surface area contributed by atoms with Gasteiger partial charge in [0.1, 0.15) is 0 Å². The molecule has 1 atom stereocenters. The molecule has 1 N–H and O–H groups in total. The number of nitrogens with one attached hydrogen (secondary N) is 1. The molecule has 0 saturated carbocycles. The monoisotopic (exact) mass is 354 g/mol. The van der Waals surface area contributed by atoms with Gasteiger partial charge in [-0.2, -0.15) is 0 Å². The summed E-state index contributed by atoms with van der Waals surface area (Å²) in [4.78, 5) is 30.5. The molecular formula is C18H34N4O3. The molecule has 0 aromatic carbocycles. The van der Waals surface area contributed by atoms with Crippen LogP contribution in [0.3, 0.4) is 0 Å². The van der Waals surface area contributed by atoms with Crippen molar-refractivity contribution in [1.82, 2.24) is 20.0 Å². The number of likely N-dealkylation sites (N-methyl/N-ethyl adjacent to an activating group) is 1. The van der Waals surface area contributed by atoms with Gasteiger partial charge in [-0.1, -0.05) is 0 Å². The van der Waals surface area contributed by atoms with Gasteiger partial charge in [-0.25, -0.2) is 0 Å². The highest BCUT2D eigenvalue weighted by molar-refractivity contribution is 5.79. The lowest BCUT2D eigenvalue weighted by Crippen LogP contribution is -2.54. The fraction of sp³-hybridized carbons (Fsp3) is 0.889. The van der Waals surface area contributed by atoms with Gasteiger partial charge >= 0.3 is 0 Å². The van der Waals surface area contributed by atoms with E-state index in [-0.39, 0.29) is 23.5 Å². The van der Waals surface area contributed by atoms with Gasteiger partial charge in [-0.3, -0.25) is 19.4 Å². The first-order valence-corrected chi connectivity index (χ1v) is 9.34. The van der Waals surface area contributed by atoms with Gasteiger partial charge in [0, 0.05) is 44.9 Å². The Morgan fingerprint density at radius 2 is 1.88 bits per heavy atom. The minimum atomic E-state index is -0.206. The Labute approximate surface area is 151 Å². The standard InChI is InChI=1S/C18H34N4O3/c1-18(2,3)19-16(23)13-21-7-9-22(10-8-21)17(24)14-20(4)12-15-6-5-11-25-15/h15H,5-14H2,1-4H3,(H,19,23). The van der Waals surface area contributed by atoms with Crippen LogP contribution in [0.15, 0.2) is 0 Å². The quantitative estimate of drug-likeness (QED) is 0.736. The van der Waals surface area contributed by atoms with Crippen LogP contribution in [0, 0.1) is 0 Å². The lowest BCUT2D eigenvalue weighted by Gasteiger charge is -2.35. The van der Waals surface area contributed by atoms with Crippen molar-refractivity contribution < 1.29 is 14.3 Å². The number of ether oxygens (including phenoxy) is 1. The van der Waals surface area contributed by atoms with E-state index in [1.807, 2.05) is 32.7 Å². The van der Waals surface area contributed by atoms with E-state index in [1.165, 1.54) is 0 Å². The number of rotatable bonds is 6. The van der Waals surface area contributed by atoms with Crippen molar-refractivity contribution >= 4 is 11.8 Å². The molecular weight excluding hydrogens is 320 g/mol. The molecule has 2 aliphatic heterocycles. The van der Waals surface area contributed by atoms with Crippen molar-refractivity contribution in [1.29, 1.82) is 0 Å². The van der Waals surface area contributed by atoms with Crippen molar-refractivity contribution in [3.8, 4) is 0 Å². The van der Waals surface area contributed by atoms with Gasteiger partial charge in [-0.05, 0) is 40.7 Å². The fourth-order valence-electron chi connectivity index (χ4n) is 3.35. The van der Waals surface area contributed by atoms with Crippen LogP contribution in [0.25, 0.3) is 0 Å². The molecule has 2 rings (SSSR count). The Bertz CT molecular complexity index is 450. The van der Waals surface area contributed by atoms with Gasteiger partial charge in [0.15, 0.2) is 0 Å². The van der Waals surface area contributed by atoms with Crippen molar-refractivity contribution in [3.05, 3.63) is 0 Å². The third-order valence-corrected chi connectivity index (χ3v) is 4.55. The summed E-state index contributed by atoms with van der Waals surface area (Å²) in [7, 11) is 1.98. The molecule has 25 heavy (non-hydrogen) atoms. The van der Waals surface area contributed by atoms with E-state index < -0.39 is 0 Å². The summed E-state index contributed by atoms with van der Waals surface area (Å²) in [6.07, 6.45) is 2.49. The molecule has 0 aromatic rings. The van der Waals surface area contributed by atoms with Gasteiger partial charge in [0.05, 0.1) is 19.2 Å². The summed E-state index contributed by atoms with van der Waals surface area (Å²) >= 11 is 0. The molecule has 2 fully saturated rings. The largest absolute Gasteiger partial charge is 0.377 e. The average Bonchev–Trinajstić information content (AvgIpc) is 2.98. The van der Waals surface area contributed by atoms with Gasteiger partial charge in [0.25, 0.3) is 0 Å². The van der Waals surface area contributed by atoms with E-state index >= 15 is 0 Å². The molecule has 0 aromatic heterocycles. The Morgan fingerprint density at radius 3 is 2.44 bits per heavy atom. The summed E-state index contributed by atoms with van der Waals surface area (Å²) in [6.45, 7) is 11.3. The molecule has 2 saturated heterocycles. The Hall–Kier alpha value is -1.18. The maximum atomic E-state index is 12.4. The van der Waals surface area contributed by atoms with Crippen molar-refractivity contribution in [3.63, 3.8) is 0 Å². The van der Waals surface area contributed by atoms with Crippen molar-refractivity contribution in [2.75, 3.05) is 59.5 Å². The summed E-state index contributed by atoms with van der Waals surface area (Å²) in [6, 6.07) is 0. The third kappa shape index (κ3) is 7.30. The molecule has 2 aliphatic rings. The lowest BCUT2D eigenvalue weighted by atomic mass is 10.1. The Kier molecular flexibility index (Phi) is 7.22. The average molecular weight is 354 g/mol. The SMILES string of the molecule is CN(CC(=O)N1CCN(CC(=O)NC(C)(C)C)CC1)CC1CCCO1. The molecule has 1 unspecified atom stereocenters. The van der Waals surface area contributed by atoms with Crippen LogP contribution in [0.5, 0.6) is 0 Å². The minimum Gasteiger partial charge on any atom is -0.377 e. The van der Waals surface area contributed by atoms with E-state index in [9.17, 15) is 9.59 Å². The topological polar surface area (TPSA) is 65.1 Å². The van der Waals surface area contributed by atoms with Crippen molar-refractivity contribution in [2.45, 2.75) is 45.3 Å². The summed E-state index contributed by atoms with van der Waals surface area (Å²) in [5, 5.41) is 2.98. The Morgan fingerprint density at radius 1 is 1.20 bits per heavy atom. The van der Waals surface area contributed by atoms with Crippen LogP contribution in [0.2, 0.25) is 0 Å². The molecule has 7 nitrogen and oxygen atoms in total. The molecule has 144 valence electrons. The zero-order valence-corrected chi connectivity index (χ0v) is 16.2. The molecule has 0 radical (unpaired) electrons. The van der Waals surface area contributed by atoms with Crippen LogP contribution >= 0.6 is 0 Å². The summed E-state index contributed by atoms with van der Waals surface area (Å²) in [5.74, 6) is 0.211. The lowest BCUT2D eigenvalue weighted by molar-refractivity contribution is -0.134. The summed E-state index contributed by atoms with van der Waals surface area (Å²) < 4.78 is 5.63. The van der Waals surface area contributed by atoms with Crippen LogP contribution in [0.4, 0.5) is 0 Å². The van der Waals surface area contributed by atoms with E-state index in [0.717, 1.165) is 39.1 Å². The number of carbonyl (C=O) groups excluding carboxylic acids is 2. The molecule has 2 amide bonds. The van der Waals surface area contributed by atoms with Gasteiger partial charge in [0.2, 0.25) is 11.8 Å². The first-order valence-electron chi connectivity index (χ1n) is 9.34. The molecule has 0 bridgehead atoms. The smallest absolute Gasteiger partial charge is 0.236 e. The summed E-state index contributed by atoms with van der Waals surface area (Å²) in [5.41, 5.74) is -0.206.